The van der Waals surface area contributed by atoms with E-state index in [0.29, 0.717) is 11.4 Å². The van der Waals surface area contributed by atoms with Crippen LogP contribution in [0, 0.1) is 11.8 Å². The van der Waals surface area contributed by atoms with Crippen molar-refractivity contribution in [2.24, 2.45) is 10.2 Å². The average molecular weight is 348 g/mol. The van der Waals surface area contributed by atoms with E-state index in [1.54, 1.807) is 36.4 Å². The third kappa shape index (κ3) is 5.22. The second-order valence-electron chi connectivity index (χ2n) is 4.58. The normalized spacial score (nSPS) is 8.92. The highest BCUT2D eigenvalue weighted by Gasteiger charge is 2.10. The highest BCUT2D eigenvalue weighted by molar-refractivity contribution is 5.94. The molecular formula is C17H12N6O3. The van der Waals surface area contributed by atoms with Crippen LogP contribution < -0.4 is 4.74 Å². The third-order valence-corrected chi connectivity index (χ3v) is 2.99. The summed E-state index contributed by atoms with van der Waals surface area (Å²) in [6.07, 6.45) is 0. The molecule has 128 valence electrons. The number of rotatable bonds is 6. The molecule has 9 heteroatoms. The number of carbonyl (C=O) groups excluding carboxylic acids is 1. The van der Waals surface area contributed by atoms with E-state index in [0.717, 1.165) is 0 Å². The minimum atomic E-state index is -0.642. The van der Waals surface area contributed by atoms with Gasteiger partial charge in [-0.2, -0.15) is 0 Å². The van der Waals surface area contributed by atoms with E-state index in [1.165, 1.54) is 12.1 Å². The second kappa shape index (κ2) is 9.90. The standard InChI is InChI=1S/C17H12N6O3/c18-22-20-14-8-2-1-7-13(14)17(24)26-12-6-5-11-25-16-10-4-3-9-15(16)21-23-19/h1-4,7-10H,11-12H2. The van der Waals surface area contributed by atoms with E-state index in [4.69, 9.17) is 20.5 Å². The maximum absolute atomic E-state index is 12.0. The Bertz CT molecular complexity index is 950. The van der Waals surface area contributed by atoms with E-state index < -0.39 is 5.97 Å². The van der Waals surface area contributed by atoms with Crippen molar-refractivity contribution in [2.75, 3.05) is 13.2 Å². The highest BCUT2D eigenvalue weighted by Crippen LogP contribution is 2.26. The second-order valence-corrected chi connectivity index (χ2v) is 4.58. The molecule has 0 spiro atoms. The SMILES string of the molecule is [N-]=[N+]=Nc1ccccc1OCC#CCOC(=O)c1ccccc1N=[N+]=[N-]. The Morgan fingerprint density at radius 2 is 1.54 bits per heavy atom. The molecule has 0 aliphatic rings. The average Bonchev–Trinajstić information content (AvgIpc) is 2.66. The third-order valence-electron chi connectivity index (χ3n) is 2.99. The van der Waals surface area contributed by atoms with Crippen LogP contribution in [-0.4, -0.2) is 19.2 Å². The van der Waals surface area contributed by atoms with Crippen molar-refractivity contribution in [2.45, 2.75) is 0 Å². The number of hydrogen-bond donors (Lipinski definition) is 0. The van der Waals surface area contributed by atoms with Crippen molar-refractivity contribution in [3.05, 3.63) is 75.0 Å². The van der Waals surface area contributed by atoms with E-state index in [2.05, 4.69) is 31.9 Å². The van der Waals surface area contributed by atoms with Crippen LogP contribution in [0.5, 0.6) is 5.75 Å². The van der Waals surface area contributed by atoms with Gasteiger partial charge < -0.3 is 9.47 Å². The van der Waals surface area contributed by atoms with Crippen molar-refractivity contribution in [3.63, 3.8) is 0 Å². The van der Waals surface area contributed by atoms with Crippen molar-refractivity contribution >= 4 is 17.3 Å². The Labute approximate surface area is 148 Å². The van der Waals surface area contributed by atoms with E-state index in [1.807, 2.05) is 0 Å². The number of ether oxygens (including phenoxy) is 2. The number of para-hydroxylation sites is 1. The molecule has 2 aromatic rings. The number of nitrogens with zero attached hydrogens (tertiary/aromatic N) is 6. The summed E-state index contributed by atoms with van der Waals surface area (Å²) in [7, 11) is 0. The van der Waals surface area contributed by atoms with Gasteiger partial charge in [0.1, 0.15) is 12.4 Å². The molecule has 2 rings (SSSR count). The molecule has 0 aliphatic carbocycles. The van der Waals surface area contributed by atoms with Gasteiger partial charge in [-0.25, -0.2) is 4.79 Å². The maximum atomic E-state index is 12.0. The van der Waals surface area contributed by atoms with Gasteiger partial charge in [0.2, 0.25) is 0 Å². The predicted octanol–water partition coefficient (Wildman–Crippen LogP) is 4.81. The first-order chi connectivity index (χ1) is 12.8. The van der Waals surface area contributed by atoms with E-state index in [-0.39, 0.29) is 24.5 Å². The Balaban J connectivity index is 1.87. The van der Waals surface area contributed by atoms with Gasteiger partial charge in [0.15, 0.2) is 6.61 Å². The molecule has 0 aliphatic heterocycles. The zero-order valence-corrected chi connectivity index (χ0v) is 13.4. The lowest BCUT2D eigenvalue weighted by molar-refractivity contribution is 0.0557. The summed E-state index contributed by atoms with van der Waals surface area (Å²) in [6.45, 7) is -0.115. The maximum Gasteiger partial charge on any atom is 0.339 e. The minimum Gasteiger partial charge on any atom is -0.480 e. The number of carbonyl (C=O) groups is 1. The molecule has 0 saturated carbocycles. The van der Waals surface area contributed by atoms with Gasteiger partial charge in [-0.05, 0) is 29.3 Å². The van der Waals surface area contributed by atoms with Crippen molar-refractivity contribution in [3.8, 4) is 17.6 Å². The van der Waals surface area contributed by atoms with Gasteiger partial charge in [0.25, 0.3) is 0 Å². The van der Waals surface area contributed by atoms with Crippen molar-refractivity contribution < 1.29 is 14.3 Å². The fourth-order valence-corrected chi connectivity index (χ4v) is 1.89. The number of azide groups is 2. The summed E-state index contributed by atoms with van der Waals surface area (Å²) in [5.41, 5.74) is 17.7. The fourth-order valence-electron chi connectivity index (χ4n) is 1.89. The summed E-state index contributed by atoms with van der Waals surface area (Å²) in [4.78, 5) is 17.3. The summed E-state index contributed by atoms with van der Waals surface area (Å²) in [5, 5.41) is 6.94. The van der Waals surface area contributed by atoms with Crippen molar-refractivity contribution in [1.29, 1.82) is 0 Å². The fraction of sp³-hybridized carbons (Fsp3) is 0.118. The van der Waals surface area contributed by atoms with Crippen LogP contribution in [0.15, 0.2) is 58.8 Å². The summed E-state index contributed by atoms with van der Waals surface area (Å²) in [6, 6.07) is 13.0. The first-order valence-corrected chi connectivity index (χ1v) is 7.30. The first kappa shape index (κ1) is 18.2. The highest BCUT2D eigenvalue weighted by atomic mass is 16.5. The minimum absolute atomic E-state index is 0.0326. The predicted molar refractivity (Wildman–Crippen MR) is 94.0 cm³/mol. The van der Waals surface area contributed by atoms with Crippen LogP contribution in [0.25, 0.3) is 20.9 Å². The van der Waals surface area contributed by atoms with E-state index >= 15 is 0 Å². The van der Waals surface area contributed by atoms with Crippen LogP contribution >= 0.6 is 0 Å². The number of hydrogen-bond acceptors (Lipinski definition) is 5. The molecule has 0 saturated heterocycles. The van der Waals surface area contributed by atoms with Gasteiger partial charge in [0.05, 0.1) is 16.9 Å². The Kier molecular flexibility index (Phi) is 6.94. The van der Waals surface area contributed by atoms with Gasteiger partial charge >= 0.3 is 5.97 Å². The van der Waals surface area contributed by atoms with Crippen LogP contribution in [0.1, 0.15) is 10.4 Å². The molecule has 0 atom stereocenters. The van der Waals surface area contributed by atoms with E-state index in [9.17, 15) is 4.79 Å². The molecule has 9 nitrogen and oxygen atoms in total. The first-order valence-electron chi connectivity index (χ1n) is 7.30. The van der Waals surface area contributed by atoms with Gasteiger partial charge in [0, 0.05) is 9.82 Å². The largest absolute Gasteiger partial charge is 0.480 e. The van der Waals surface area contributed by atoms with Crippen LogP contribution in [0.2, 0.25) is 0 Å². The molecule has 2 aromatic carbocycles. The van der Waals surface area contributed by atoms with Gasteiger partial charge in [-0.3, -0.25) is 0 Å². The van der Waals surface area contributed by atoms with Crippen LogP contribution in [0.4, 0.5) is 11.4 Å². The zero-order chi connectivity index (χ0) is 18.6. The van der Waals surface area contributed by atoms with Crippen molar-refractivity contribution in [1.82, 2.24) is 0 Å². The lowest BCUT2D eigenvalue weighted by Crippen LogP contribution is -2.05. The Morgan fingerprint density at radius 1 is 0.923 bits per heavy atom. The molecule has 0 aromatic heterocycles. The zero-order valence-electron chi connectivity index (χ0n) is 13.4. The Hall–Kier alpha value is -4.11. The lowest BCUT2D eigenvalue weighted by atomic mass is 10.2. The smallest absolute Gasteiger partial charge is 0.339 e. The molecule has 0 unspecified atom stereocenters. The molecule has 0 heterocycles. The molecule has 26 heavy (non-hydrogen) atoms. The Morgan fingerprint density at radius 3 is 2.31 bits per heavy atom. The van der Waals surface area contributed by atoms with Crippen LogP contribution in [-0.2, 0) is 4.74 Å². The summed E-state index contributed by atoms with van der Waals surface area (Å²) in [5.74, 6) is 5.08. The monoisotopic (exact) mass is 348 g/mol. The van der Waals surface area contributed by atoms with Crippen LogP contribution in [0.3, 0.4) is 0 Å². The molecule has 0 bridgehead atoms. The molecule has 0 radical (unpaired) electrons. The number of benzene rings is 2. The molecule has 0 fully saturated rings. The topological polar surface area (TPSA) is 133 Å². The van der Waals surface area contributed by atoms with Gasteiger partial charge in [-0.1, -0.05) is 52.4 Å². The van der Waals surface area contributed by atoms with Gasteiger partial charge in [-0.15, -0.1) is 0 Å². The molecule has 0 amide bonds. The summed E-state index contributed by atoms with van der Waals surface area (Å²) < 4.78 is 10.4. The molecular weight excluding hydrogens is 336 g/mol. The molecule has 0 N–H and O–H groups in total. The summed E-state index contributed by atoms with van der Waals surface area (Å²) >= 11 is 0. The number of esters is 1. The lowest BCUT2D eigenvalue weighted by Gasteiger charge is -2.04. The quantitative estimate of drug-likeness (QED) is 0.244.